The van der Waals surface area contributed by atoms with E-state index in [2.05, 4.69) is 17.3 Å². The second-order valence-electron chi connectivity index (χ2n) is 6.70. The molecule has 0 aliphatic heterocycles. The van der Waals surface area contributed by atoms with Crippen molar-refractivity contribution in [2.75, 3.05) is 0 Å². The number of nitrogens with one attached hydrogen (secondary N) is 1. The van der Waals surface area contributed by atoms with E-state index in [1.807, 2.05) is 43.6 Å². The van der Waals surface area contributed by atoms with Crippen molar-refractivity contribution in [1.82, 2.24) is 15.1 Å². The maximum Gasteiger partial charge on any atom is 0.252 e. The average molecular weight is 343 g/mol. The Bertz CT molecular complexity index is 689. The minimum Gasteiger partial charge on any atom is -0.349 e. The fourth-order valence-electron chi connectivity index (χ4n) is 3.14. The molecule has 0 atom stereocenters. The van der Waals surface area contributed by atoms with E-state index in [0.29, 0.717) is 6.04 Å². The second-order valence-corrected chi connectivity index (χ2v) is 7.71. The van der Waals surface area contributed by atoms with Crippen LogP contribution in [0.5, 0.6) is 0 Å². The van der Waals surface area contributed by atoms with Gasteiger partial charge in [0.1, 0.15) is 0 Å². The molecule has 5 heteroatoms. The molecule has 4 nitrogen and oxygen atoms in total. The third kappa shape index (κ3) is 4.41. The minimum absolute atomic E-state index is 0.0543. The molecule has 0 spiro atoms. The Morgan fingerprint density at radius 1 is 1.25 bits per heavy atom. The van der Waals surface area contributed by atoms with Crippen molar-refractivity contribution in [2.45, 2.75) is 49.3 Å². The molecule has 1 aliphatic rings. The summed E-state index contributed by atoms with van der Waals surface area (Å²) in [6, 6.07) is 10.2. The quantitative estimate of drug-likeness (QED) is 0.834. The van der Waals surface area contributed by atoms with Crippen LogP contribution in [0.1, 0.15) is 48.7 Å². The van der Waals surface area contributed by atoms with Gasteiger partial charge in [-0.25, -0.2) is 0 Å². The Morgan fingerprint density at radius 2 is 2.00 bits per heavy atom. The molecule has 1 amide bonds. The third-order valence-corrected chi connectivity index (χ3v) is 5.73. The molecule has 1 fully saturated rings. The number of rotatable bonds is 5. The number of carbonyl (C=O) groups excluding carboxylic acids is 1. The molecule has 1 aliphatic carbocycles. The van der Waals surface area contributed by atoms with Crippen molar-refractivity contribution in [2.24, 2.45) is 13.0 Å². The van der Waals surface area contributed by atoms with Crippen LogP contribution in [0.25, 0.3) is 0 Å². The van der Waals surface area contributed by atoms with Gasteiger partial charge < -0.3 is 5.32 Å². The zero-order valence-electron chi connectivity index (χ0n) is 14.4. The Labute approximate surface area is 148 Å². The lowest BCUT2D eigenvalue weighted by molar-refractivity contribution is 0.0920. The summed E-state index contributed by atoms with van der Waals surface area (Å²) >= 11 is 1.67. The van der Waals surface area contributed by atoms with Gasteiger partial charge in [-0.05, 0) is 49.8 Å². The van der Waals surface area contributed by atoms with Gasteiger partial charge >= 0.3 is 0 Å². The number of hydrogen-bond donors (Lipinski definition) is 1. The predicted octanol–water partition coefficient (Wildman–Crippen LogP) is 4.02. The van der Waals surface area contributed by atoms with E-state index in [4.69, 9.17) is 0 Å². The van der Waals surface area contributed by atoms with Gasteiger partial charge in [0.25, 0.3) is 5.91 Å². The molecule has 1 aromatic carbocycles. The van der Waals surface area contributed by atoms with Gasteiger partial charge in [0.15, 0.2) is 0 Å². The summed E-state index contributed by atoms with van der Waals surface area (Å²) in [7, 11) is 1.92. The van der Waals surface area contributed by atoms with Crippen LogP contribution in [0.15, 0.2) is 41.4 Å². The Kier molecular flexibility index (Phi) is 5.61. The molecule has 0 saturated heterocycles. The summed E-state index contributed by atoms with van der Waals surface area (Å²) in [4.78, 5) is 13.7. The molecular weight excluding hydrogens is 318 g/mol. The first kappa shape index (κ1) is 17.1. The smallest absolute Gasteiger partial charge is 0.252 e. The molecule has 1 heterocycles. The molecule has 1 saturated carbocycles. The second kappa shape index (κ2) is 7.88. The Hall–Kier alpha value is -1.75. The van der Waals surface area contributed by atoms with E-state index in [1.54, 1.807) is 16.4 Å². The first-order chi connectivity index (χ1) is 11.6. The van der Waals surface area contributed by atoms with Crippen molar-refractivity contribution in [3.63, 3.8) is 0 Å². The van der Waals surface area contributed by atoms with Crippen molar-refractivity contribution in [3.05, 3.63) is 47.8 Å². The minimum atomic E-state index is 0.0543. The van der Waals surface area contributed by atoms with Gasteiger partial charge in [-0.3, -0.25) is 9.48 Å². The zero-order valence-corrected chi connectivity index (χ0v) is 15.2. The van der Waals surface area contributed by atoms with Crippen LogP contribution in [0.3, 0.4) is 0 Å². The monoisotopic (exact) mass is 343 g/mol. The summed E-state index contributed by atoms with van der Waals surface area (Å²) in [5.74, 6) is 1.62. The molecule has 0 unspecified atom stereocenters. The highest BCUT2D eigenvalue weighted by molar-refractivity contribution is 7.98. The van der Waals surface area contributed by atoms with Crippen LogP contribution in [0.4, 0.5) is 0 Å². The summed E-state index contributed by atoms with van der Waals surface area (Å²) in [6.07, 6.45) is 6.55. The van der Waals surface area contributed by atoms with Crippen molar-refractivity contribution < 1.29 is 4.79 Å². The van der Waals surface area contributed by atoms with Crippen LogP contribution in [0, 0.1) is 5.92 Å². The SMILES string of the molecule is CC1CCC(NC(=O)c2ccccc2SCc2ccn(C)n2)CC1. The van der Waals surface area contributed by atoms with Crippen molar-refractivity contribution >= 4 is 17.7 Å². The fraction of sp³-hybridized carbons (Fsp3) is 0.474. The average Bonchev–Trinajstić information content (AvgIpc) is 3.01. The fourth-order valence-corrected chi connectivity index (χ4v) is 4.09. The predicted molar refractivity (Wildman–Crippen MR) is 98.1 cm³/mol. The third-order valence-electron chi connectivity index (χ3n) is 4.63. The lowest BCUT2D eigenvalue weighted by Gasteiger charge is -2.27. The van der Waals surface area contributed by atoms with Crippen molar-refractivity contribution in [1.29, 1.82) is 0 Å². The van der Waals surface area contributed by atoms with E-state index in [-0.39, 0.29) is 5.91 Å². The number of benzene rings is 1. The maximum absolute atomic E-state index is 12.7. The van der Waals surface area contributed by atoms with E-state index in [1.165, 1.54) is 12.8 Å². The van der Waals surface area contributed by atoms with E-state index in [0.717, 1.165) is 40.7 Å². The number of aromatic nitrogens is 2. The molecule has 24 heavy (non-hydrogen) atoms. The van der Waals surface area contributed by atoms with Gasteiger partial charge in [0.2, 0.25) is 0 Å². The molecule has 128 valence electrons. The number of carbonyl (C=O) groups is 1. The molecule has 2 aromatic rings. The van der Waals surface area contributed by atoms with Gasteiger partial charge in [-0.15, -0.1) is 11.8 Å². The van der Waals surface area contributed by atoms with Gasteiger partial charge in [0, 0.05) is 29.9 Å². The van der Waals surface area contributed by atoms with E-state index >= 15 is 0 Å². The summed E-state index contributed by atoms with van der Waals surface area (Å²) < 4.78 is 1.80. The van der Waals surface area contributed by atoms with E-state index in [9.17, 15) is 4.79 Å². The maximum atomic E-state index is 12.7. The zero-order chi connectivity index (χ0) is 16.9. The van der Waals surface area contributed by atoms with Gasteiger partial charge in [-0.2, -0.15) is 5.10 Å². The Morgan fingerprint density at radius 3 is 2.71 bits per heavy atom. The highest BCUT2D eigenvalue weighted by atomic mass is 32.2. The lowest BCUT2D eigenvalue weighted by Crippen LogP contribution is -2.37. The van der Waals surface area contributed by atoms with Gasteiger partial charge in [0.05, 0.1) is 11.3 Å². The van der Waals surface area contributed by atoms with Crippen LogP contribution in [0.2, 0.25) is 0 Å². The summed E-state index contributed by atoms with van der Waals surface area (Å²) in [6.45, 7) is 2.29. The summed E-state index contributed by atoms with van der Waals surface area (Å²) in [5.41, 5.74) is 1.80. The highest BCUT2D eigenvalue weighted by Gasteiger charge is 2.21. The molecule has 1 aromatic heterocycles. The number of hydrogen-bond acceptors (Lipinski definition) is 3. The molecule has 0 bridgehead atoms. The first-order valence-electron chi connectivity index (χ1n) is 8.63. The van der Waals surface area contributed by atoms with Crippen LogP contribution in [-0.2, 0) is 12.8 Å². The van der Waals surface area contributed by atoms with Crippen LogP contribution < -0.4 is 5.32 Å². The number of amides is 1. The number of nitrogens with zero attached hydrogens (tertiary/aromatic N) is 2. The highest BCUT2D eigenvalue weighted by Crippen LogP contribution is 2.27. The molecular formula is C19H25N3OS. The van der Waals surface area contributed by atoms with Crippen molar-refractivity contribution in [3.8, 4) is 0 Å². The Balaban J connectivity index is 1.63. The molecule has 0 radical (unpaired) electrons. The topological polar surface area (TPSA) is 46.9 Å². The molecule has 1 N–H and O–H groups in total. The van der Waals surface area contributed by atoms with Gasteiger partial charge in [-0.1, -0.05) is 19.1 Å². The largest absolute Gasteiger partial charge is 0.349 e. The molecule has 3 rings (SSSR count). The van der Waals surface area contributed by atoms with E-state index < -0.39 is 0 Å². The standard InChI is InChI=1S/C19H25N3OS/c1-14-7-9-15(10-8-14)20-19(23)17-5-3-4-6-18(17)24-13-16-11-12-22(2)21-16/h3-6,11-12,14-15H,7-10,13H2,1-2H3,(H,20,23). The summed E-state index contributed by atoms with van der Waals surface area (Å²) in [5, 5.41) is 7.62. The van der Waals surface area contributed by atoms with Crippen LogP contribution in [-0.4, -0.2) is 21.7 Å². The van der Waals surface area contributed by atoms with Crippen LogP contribution >= 0.6 is 11.8 Å². The number of aryl methyl sites for hydroxylation is 1. The number of thioether (sulfide) groups is 1. The first-order valence-corrected chi connectivity index (χ1v) is 9.61. The lowest BCUT2D eigenvalue weighted by atomic mass is 9.87. The normalized spacial score (nSPS) is 20.8.